The predicted molar refractivity (Wildman–Crippen MR) is 85.5 cm³/mol. The molecule has 3 aromatic rings. The van der Waals surface area contributed by atoms with Crippen molar-refractivity contribution in [3.63, 3.8) is 0 Å². The molecule has 0 radical (unpaired) electrons. The third-order valence-corrected chi connectivity index (χ3v) is 4.42. The number of nitrogens with zero attached hydrogens (tertiary/aromatic N) is 3. The van der Waals surface area contributed by atoms with Crippen LogP contribution in [0, 0.1) is 5.82 Å². The summed E-state index contributed by atoms with van der Waals surface area (Å²) in [5.41, 5.74) is 2.87. The van der Waals surface area contributed by atoms with E-state index in [9.17, 15) is 4.39 Å². The van der Waals surface area contributed by atoms with Crippen LogP contribution in [0.4, 0.5) is 4.39 Å². The standard InChI is InChI=1S/C18H18FN3O2/c1-18(2)11-22(8-12-3-4-14(19)7-15(12)18)9-16-20-17(21-24-16)13-5-6-23-10-13/h3-7,10H,8-9,11H2,1-2H3. The minimum atomic E-state index is -0.183. The van der Waals surface area contributed by atoms with Crippen LogP contribution >= 0.6 is 0 Å². The van der Waals surface area contributed by atoms with E-state index in [0.717, 1.165) is 29.8 Å². The van der Waals surface area contributed by atoms with E-state index in [1.807, 2.05) is 6.07 Å². The predicted octanol–water partition coefficient (Wildman–Crippen LogP) is 3.76. The van der Waals surface area contributed by atoms with E-state index in [1.54, 1.807) is 24.7 Å². The van der Waals surface area contributed by atoms with Gasteiger partial charge in [0.1, 0.15) is 12.1 Å². The smallest absolute Gasteiger partial charge is 0.241 e. The maximum atomic E-state index is 13.6. The first-order chi connectivity index (χ1) is 11.5. The lowest BCUT2D eigenvalue weighted by molar-refractivity contribution is 0.164. The maximum Gasteiger partial charge on any atom is 0.241 e. The summed E-state index contributed by atoms with van der Waals surface area (Å²) in [6, 6.07) is 6.82. The van der Waals surface area contributed by atoms with Crippen LogP contribution in [0.1, 0.15) is 30.9 Å². The van der Waals surface area contributed by atoms with Gasteiger partial charge in [0, 0.05) is 18.5 Å². The summed E-state index contributed by atoms with van der Waals surface area (Å²) >= 11 is 0. The molecule has 0 fully saturated rings. The number of furan rings is 1. The zero-order valence-corrected chi connectivity index (χ0v) is 13.6. The molecule has 0 saturated carbocycles. The van der Waals surface area contributed by atoms with Gasteiger partial charge in [-0.25, -0.2) is 4.39 Å². The van der Waals surface area contributed by atoms with Crippen LogP contribution in [-0.4, -0.2) is 21.6 Å². The molecule has 1 aromatic carbocycles. The zero-order chi connectivity index (χ0) is 16.7. The number of hydrogen-bond donors (Lipinski definition) is 0. The van der Waals surface area contributed by atoms with E-state index in [2.05, 4.69) is 28.9 Å². The molecule has 1 aliphatic rings. The molecule has 2 aromatic heterocycles. The van der Waals surface area contributed by atoms with Gasteiger partial charge in [0.05, 0.1) is 18.4 Å². The van der Waals surface area contributed by atoms with Crippen molar-refractivity contribution in [3.8, 4) is 11.4 Å². The molecule has 0 saturated heterocycles. The van der Waals surface area contributed by atoms with Crippen molar-refractivity contribution in [1.82, 2.24) is 15.0 Å². The highest BCUT2D eigenvalue weighted by atomic mass is 19.1. The van der Waals surface area contributed by atoms with Crippen LogP contribution in [0.15, 0.2) is 45.7 Å². The van der Waals surface area contributed by atoms with Gasteiger partial charge in [-0.3, -0.25) is 4.90 Å². The lowest BCUT2D eigenvalue weighted by atomic mass is 9.78. The SMILES string of the molecule is CC1(C)CN(Cc2nc(-c3ccoc3)no2)Cc2ccc(F)cc21. The van der Waals surface area contributed by atoms with Crippen LogP contribution < -0.4 is 0 Å². The Morgan fingerprint density at radius 2 is 2.17 bits per heavy atom. The molecule has 0 bridgehead atoms. The molecule has 0 amide bonds. The molecule has 0 aliphatic carbocycles. The second-order valence-corrected chi connectivity index (χ2v) is 6.85. The number of aromatic nitrogens is 2. The molecule has 0 spiro atoms. The van der Waals surface area contributed by atoms with E-state index in [4.69, 9.17) is 8.94 Å². The highest BCUT2D eigenvalue weighted by Crippen LogP contribution is 2.34. The van der Waals surface area contributed by atoms with Crippen LogP contribution in [0.3, 0.4) is 0 Å². The molecule has 5 nitrogen and oxygen atoms in total. The minimum absolute atomic E-state index is 0.136. The second-order valence-electron chi connectivity index (χ2n) is 6.85. The molecule has 24 heavy (non-hydrogen) atoms. The third kappa shape index (κ3) is 2.73. The molecular formula is C18H18FN3O2. The van der Waals surface area contributed by atoms with Gasteiger partial charge < -0.3 is 8.94 Å². The van der Waals surface area contributed by atoms with Crippen LogP contribution in [0.2, 0.25) is 0 Å². The first-order valence-corrected chi connectivity index (χ1v) is 7.88. The first-order valence-electron chi connectivity index (χ1n) is 7.88. The molecule has 6 heteroatoms. The molecule has 0 N–H and O–H groups in total. The van der Waals surface area contributed by atoms with E-state index in [1.165, 1.54) is 6.07 Å². The third-order valence-electron chi connectivity index (χ3n) is 4.42. The first kappa shape index (κ1) is 15.1. The number of fused-ring (bicyclic) bond motifs is 1. The summed E-state index contributed by atoms with van der Waals surface area (Å²) in [5.74, 6) is 0.905. The number of rotatable bonds is 3. The van der Waals surface area contributed by atoms with Gasteiger partial charge in [0.15, 0.2) is 0 Å². The maximum absolute atomic E-state index is 13.6. The summed E-state index contributed by atoms with van der Waals surface area (Å²) in [6.07, 6.45) is 3.16. The van der Waals surface area contributed by atoms with E-state index in [0.29, 0.717) is 18.3 Å². The molecule has 124 valence electrons. The summed E-state index contributed by atoms with van der Waals surface area (Å²) < 4.78 is 24.0. The van der Waals surface area contributed by atoms with Gasteiger partial charge in [0.25, 0.3) is 0 Å². The lowest BCUT2D eigenvalue weighted by Gasteiger charge is -2.39. The Bertz CT molecular complexity index is 855. The number of halogens is 1. The monoisotopic (exact) mass is 327 g/mol. The average molecular weight is 327 g/mol. The lowest BCUT2D eigenvalue weighted by Crippen LogP contribution is -2.41. The molecule has 3 heterocycles. The molecule has 1 aliphatic heterocycles. The Kier molecular flexibility index (Phi) is 3.49. The molecule has 0 unspecified atom stereocenters. The topological polar surface area (TPSA) is 55.3 Å². The Morgan fingerprint density at radius 3 is 2.96 bits per heavy atom. The Labute approximate surface area is 139 Å². The Balaban J connectivity index is 1.55. The average Bonchev–Trinajstić information content (AvgIpc) is 3.18. The Morgan fingerprint density at radius 1 is 1.29 bits per heavy atom. The van der Waals surface area contributed by atoms with Crippen LogP contribution in [-0.2, 0) is 18.5 Å². The van der Waals surface area contributed by atoms with Crippen LogP contribution in [0.25, 0.3) is 11.4 Å². The van der Waals surface area contributed by atoms with Crippen LogP contribution in [0.5, 0.6) is 0 Å². The summed E-state index contributed by atoms with van der Waals surface area (Å²) in [7, 11) is 0. The van der Waals surface area contributed by atoms with Gasteiger partial charge in [-0.15, -0.1) is 0 Å². The summed E-state index contributed by atoms with van der Waals surface area (Å²) in [6.45, 7) is 6.35. The van der Waals surface area contributed by atoms with Gasteiger partial charge in [-0.05, 0) is 29.3 Å². The quantitative estimate of drug-likeness (QED) is 0.733. The zero-order valence-electron chi connectivity index (χ0n) is 13.6. The van der Waals surface area contributed by atoms with Crippen molar-refractivity contribution in [2.45, 2.75) is 32.4 Å². The highest BCUT2D eigenvalue weighted by Gasteiger charge is 2.32. The Hall–Kier alpha value is -2.47. The van der Waals surface area contributed by atoms with E-state index in [-0.39, 0.29) is 11.2 Å². The highest BCUT2D eigenvalue weighted by molar-refractivity contribution is 5.51. The second kappa shape index (κ2) is 5.56. The minimum Gasteiger partial charge on any atom is -0.472 e. The molecular weight excluding hydrogens is 309 g/mol. The number of hydrogen-bond acceptors (Lipinski definition) is 5. The van der Waals surface area contributed by atoms with Gasteiger partial charge >= 0.3 is 0 Å². The van der Waals surface area contributed by atoms with Crippen molar-refractivity contribution in [2.24, 2.45) is 0 Å². The van der Waals surface area contributed by atoms with Crippen molar-refractivity contribution < 1.29 is 13.3 Å². The van der Waals surface area contributed by atoms with Gasteiger partial charge in [-0.1, -0.05) is 25.1 Å². The summed E-state index contributed by atoms with van der Waals surface area (Å²) in [4.78, 5) is 6.67. The van der Waals surface area contributed by atoms with E-state index >= 15 is 0 Å². The van der Waals surface area contributed by atoms with E-state index < -0.39 is 0 Å². The molecule has 0 atom stereocenters. The summed E-state index contributed by atoms with van der Waals surface area (Å²) in [5, 5.41) is 3.99. The van der Waals surface area contributed by atoms with Crippen molar-refractivity contribution in [1.29, 1.82) is 0 Å². The van der Waals surface area contributed by atoms with Crippen molar-refractivity contribution >= 4 is 0 Å². The van der Waals surface area contributed by atoms with Gasteiger partial charge in [0.2, 0.25) is 11.7 Å². The normalized spacial score (nSPS) is 17.0. The van der Waals surface area contributed by atoms with Crippen molar-refractivity contribution in [2.75, 3.05) is 6.54 Å². The van der Waals surface area contributed by atoms with Crippen molar-refractivity contribution in [3.05, 3.63) is 59.6 Å². The fraction of sp³-hybridized carbons (Fsp3) is 0.333. The van der Waals surface area contributed by atoms with Gasteiger partial charge in [-0.2, -0.15) is 4.98 Å². The fourth-order valence-corrected chi connectivity index (χ4v) is 3.39. The molecule has 4 rings (SSSR count). The number of benzene rings is 1. The largest absolute Gasteiger partial charge is 0.472 e. The fourth-order valence-electron chi connectivity index (χ4n) is 3.39.